The second-order valence-corrected chi connectivity index (χ2v) is 6.53. The zero-order valence-electron chi connectivity index (χ0n) is 8.98. The van der Waals surface area contributed by atoms with Crippen molar-refractivity contribution in [2.24, 2.45) is 0 Å². The minimum absolute atomic E-state index is 0.716. The summed E-state index contributed by atoms with van der Waals surface area (Å²) in [5, 5.41) is 0. The summed E-state index contributed by atoms with van der Waals surface area (Å²) in [4.78, 5) is 0. The minimum Gasteiger partial charge on any atom is -0.332 e. The van der Waals surface area contributed by atoms with Gasteiger partial charge in [-0.1, -0.05) is 51.9 Å². The van der Waals surface area contributed by atoms with Gasteiger partial charge in [-0.3, -0.25) is 0 Å². The lowest BCUT2D eigenvalue weighted by Gasteiger charge is -2.03. The predicted molar refractivity (Wildman–Crippen MR) is 67.2 cm³/mol. The van der Waals surface area contributed by atoms with Crippen LogP contribution in [0, 0.1) is 0 Å². The van der Waals surface area contributed by atoms with Gasteiger partial charge in [-0.05, 0) is 28.9 Å². The van der Waals surface area contributed by atoms with Gasteiger partial charge in [-0.25, -0.2) is 0 Å². The summed E-state index contributed by atoms with van der Waals surface area (Å²) < 4.78 is 5.08. The van der Waals surface area contributed by atoms with Gasteiger partial charge < -0.3 is 4.52 Å². The Morgan fingerprint density at radius 2 is 1.36 bits per heavy atom. The van der Waals surface area contributed by atoms with Crippen LogP contribution in [0.25, 0.3) is 0 Å². The third-order valence-electron chi connectivity index (χ3n) is 2.19. The molecule has 0 aliphatic rings. The quantitative estimate of drug-likeness (QED) is 0.353. The molecule has 0 aliphatic carbocycles. The summed E-state index contributed by atoms with van der Waals surface area (Å²) in [6, 6.07) is 0. The van der Waals surface area contributed by atoms with E-state index in [0.717, 1.165) is 6.42 Å². The first-order chi connectivity index (χ1) is 6.77. The standard InChI is InChI=1S/C10H21Cl2OP/c1-2-3-4-5-6-7-8-9-10-13-14(11)12/h2-10H2,1H3. The van der Waals surface area contributed by atoms with E-state index in [4.69, 9.17) is 27.0 Å². The molecule has 0 aliphatic heterocycles. The Balaban J connectivity index is 2.85. The molecule has 0 amide bonds. The van der Waals surface area contributed by atoms with Crippen molar-refractivity contribution in [3.05, 3.63) is 0 Å². The normalized spacial score (nSPS) is 11.1. The smallest absolute Gasteiger partial charge is 0.225 e. The van der Waals surface area contributed by atoms with Crippen LogP contribution in [0.3, 0.4) is 0 Å². The summed E-state index contributed by atoms with van der Waals surface area (Å²) in [6.07, 6.45) is 10.5. The topological polar surface area (TPSA) is 9.23 Å². The van der Waals surface area contributed by atoms with E-state index in [-0.39, 0.29) is 0 Å². The van der Waals surface area contributed by atoms with Gasteiger partial charge in [0.15, 0.2) is 0 Å². The second-order valence-electron chi connectivity index (χ2n) is 3.51. The molecule has 0 saturated heterocycles. The van der Waals surface area contributed by atoms with Crippen LogP contribution in [0.15, 0.2) is 0 Å². The highest BCUT2D eigenvalue weighted by Gasteiger charge is 1.97. The number of unbranched alkanes of at least 4 members (excludes halogenated alkanes) is 7. The van der Waals surface area contributed by atoms with Crippen LogP contribution in [0.1, 0.15) is 58.3 Å². The average molecular weight is 259 g/mol. The summed E-state index contributed by atoms with van der Waals surface area (Å²) in [5.41, 5.74) is 0. The van der Waals surface area contributed by atoms with Gasteiger partial charge in [0, 0.05) is 0 Å². The highest BCUT2D eigenvalue weighted by Crippen LogP contribution is 2.47. The average Bonchev–Trinajstić information content (AvgIpc) is 2.15. The molecule has 0 fully saturated rings. The van der Waals surface area contributed by atoms with Crippen molar-refractivity contribution in [3.63, 3.8) is 0 Å². The summed E-state index contributed by atoms with van der Waals surface area (Å²) in [7, 11) is 0. The molecular formula is C10H21Cl2OP. The molecule has 4 heteroatoms. The van der Waals surface area contributed by atoms with Crippen LogP contribution in [-0.4, -0.2) is 6.61 Å². The third kappa shape index (κ3) is 13.0. The summed E-state index contributed by atoms with van der Waals surface area (Å²) in [5.74, 6) is 0. The fourth-order valence-corrected chi connectivity index (χ4v) is 2.05. The van der Waals surface area contributed by atoms with Crippen molar-refractivity contribution >= 4 is 29.3 Å². The molecule has 0 aromatic rings. The van der Waals surface area contributed by atoms with Gasteiger partial charge in [-0.15, -0.1) is 0 Å². The Bertz CT molecular complexity index is 112. The first-order valence-electron chi connectivity index (χ1n) is 5.52. The molecule has 0 bridgehead atoms. The van der Waals surface area contributed by atoms with Crippen LogP contribution in [0.4, 0.5) is 0 Å². The van der Waals surface area contributed by atoms with Gasteiger partial charge in [0.05, 0.1) is 6.61 Å². The van der Waals surface area contributed by atoms with E-state index in [2.05, 4.69) is 6.92 Å². The molecule has 0 spiro atoms. The molecule has 0 atom stereocenters. The van der Waals surface area contributed by atoms with E-state index in [1.165, 1.54) is 44.9 Å². The fraction of sp³-hybridized carbons (Fsp3) is 1.00. The van der Waals surface area contributed by atoms with Gasteiger partial charge in [0.2, 0.25) is 6.85 Å². The molecular weight excluding hydrogens is 238 g/mol. The highest BCUT2D eigenvalue weighted by atomic mass is 35.9. The Labute approximate surface area is 98.9 Å². The van der Waals surface area contributed by atoms with Crippen LogP contribution < -0.4 is 0 Å². The summed E-state index contributed by atoms with van der Waals surface area (Å²) in [6.45, 7) is 1.77. The van der Waals surface area contributed by atoms with Crippen molar-refractivity contribution in [2.45, 2.75) is 58.3 Å². The van der Waals surface area contributed by atoms with Crippen LogP contribution in [0.5, 0.6) is 0 Å². The lowest BCUT2D eigenvalue weighted by atomic mass is 10.1. The molecule has 0 heterocycles. The Morgan fingerprint density at radius 3 is 1.86 bits per heavy atom. The molecule has 0 radical (unpaired) electrons. The highest BCUT2D eigenvalue weighted by molar-refractivity contribution is 8.00. The second kappa shape index (κ2) is 12.0. The first-order valence-corrected chi connectivity index (χ1v) is 8.59. The lowest BCUT2D eigenvalue weighted by Crippen LogP contribution is -1.86. The van der Waals surface area contributed by atoms with Gasteiger partial charge in [0.1, 0.15) is 0 Å². The van der Waals surface area contributed by atoms with Gasteiger partial charge in [-0.2, -0.15) is 0 Å². The van der Waals surface area contributed by atoms with Crippen molar-refractivity contribution in [1.82, 2.24) is 0 Å². The minimum atomic E-state index is -1.19. The van der Waals surface area contributed by atoms with E-state index in [9.17, 15) is 0 Å². The maximum Gasteiger partial charge on any atom is 0.225 e. The van der Waals surface area contributed by atoms with Gasteiger partial charge in [0.25, 0.3) is 0 Å². The van der Waals surface area contributed by atoms with Crippen molar-refractivity contribution in [1.29, 1.82) is 0 Å². The maximum absolute atomic E-state index is 5.48. The molecule has 0 rings (SSSR count). The molecule has 1 nitrogen and oxygen atoms in total. The zero-order chi connectivity index (χ0) is 10.6. The van der Waals surface area contributed by atoms with Crippen LogP contribution in [0.2, 0.25) is 0 Å². The zero-order valence-corrected chi connectivity index (χ0v) is 11.4. The van der Waals surface area contributed by atoms with E-state index in [0.29, 0.717) is 6.61 Å². The Kier molecular flexibility index (Phi) is 12.9. The molecule has 0 aromatic heterocycles. The molecule has 0 N–H and O–H groups in total. The van der Waals surface area contributed by atoms with E-state index in [1.54, 1.807) is 0 Å². The SMILES string of the molecule is CCCCCCCCCCOP(Cl)Cl. The monoisotopic (exact) mass is 258 g/mol. The van der Waals surface area contributed by atoms with Crippen LogP contribution in [-0.2, 0) is 4.52 Å². The molecule has 0 saturated carbocycles. The van der Waals surface area contributed by atoms with E-state index < -0.39 is 6.85 Å². The first kappa shape index (κ1) is 15.0. The van der Waals surface area contributed by atoms with Crippen LogP contribution >= 0.6 is 29.3 Å². The van der Waals surface area contributed by atoms with Crippen molar-refractivity contribution in [3.8, 4) is 0 Å². The van der Waals surface area contributed by atoms with E-state index >= 15 is 0 Å². The van der Waals surface area contributed by atoms with Crippen molar-refractivity contribution in [2.75, 3.05) is 6.61 Å². The Morgan fingerprint density at radius 1 is 0.857 bits per heavy atom. The van der Waals surface area contributed by atoms with Crippen molar-refractivity contribution < 1.29 is 4.52 Å². The Hall–Kier alpha value is 0.970. The largest absolute Gasteiger partial charge is 0.332 e. The number of halogens is 2. The third-order valence-corrected chi connectivity index (χ3v) is 3.15. The molecule has 0 unspecified atom stereocenters. The molecule has 86 valence electrons. The summed E-state index contributed by atoms with van der Waals surface area (Å²) >= 11 is 11.0. The van der Waals surface area contributed by atoms with Gasteiger partial charge >= 0.3 is 0 Å². The number of rotatable bonds is 10. The number of hydrogen-bond donors (Lipinski definition) is 0. The predicted octanol–water partition coefficient (Wildman–Crippen LogP) is 5.85. The molecule has 0 aromatic carbocycles. The maximum atomic E-state index is 5.48. The number of hydrogen-bond acceptors (Lipinski definition) is 1. The molecule has 14 heavy (non-hydrogen) atoms. The lowest BCUT2D eigenvalue weighted by molar-refractivity contribution is 0.347. The van der Waals surface area contributed by atoms with E-state index in [1.807, 2.05) is 0 Å². The fourth-order valence-electron chi connectivity index (χ4n) is 1.37.